The Hall–Kier alpha value is -2.93. The number of thiazole rings is 1. The molecule has 1 aromatic carbocycles. The lowest BCUT2D eigenvalue weighted by Crippen LogP contribution is -2.43. The standard InChI is InChI=1S/C22H23N3O3S/c1-14-5-6-15(2)18(10-14)19-13-29-22(23-19)24-20(26)16-4-3-8-25(11-16)21(27)17-7-9-28-12-17/h5-7,9-10,12-13,16H,3-4,8,11H2,1-2H3,(H,23,24,26)/t16-/m1/s1. The molecule has 2 aromatic heterocycles. The van der Waals surface area contributed by atoms with E-state index in [0.29, 0.717) is 23.8 Å². The SMILES string of the molecule is Cc1ccc(C)c(-c2csc(NC(=O)[C@@H]3CCCN(C(=O)c4ccoc4)C3)n2)c1. The number of furan rings is 1. The predicted octanol–water partition coefficient (Wildman–Crippen LogP) is 4.51. The van der Waals surface area contributed by atoms with E-state index in [-0.39, 0.29) is 17.7 Å². The van der Waals surface area contributed by atoms with E-state index >= 15 is 0 Å². The number of carbonyl (C=O) groups is 2. The van der Waals surface area contributed by atoms with Gasteiger partial charge in [0.25, 0.3) is 5.91 Å². The summed E-state index contributed by atoms with van der Waals surface area (Å²) in [7, 11) is 0. The molecule has 150 valence electrons. The number of nitrogens with one attached hydrogen (secondary N) is 1. The van der Waals surface area contributed by atoms with Crippen molar-refractivity contribution in [2.45, 2.75) is 26.7 Å². The van der Waals surface area contributed by atoms with Crippen LogP contribution in [0.5, 0.6) is 0 Å². The second kappa shape index (κ2) is 8.21. The zero-order valence-corrected chi connectivity index (χ0v) is 17.3. The van der Waals surface area contributed by atoms with Gasteiger partial charge in [-0.1, -0.05) is 17.7 Å². The Morgan fingerprint density at radius 3 is 2.93 bits per heavy atom. The number of hydrogen-bond acceptors (Lipinski definition) is 5. The lowest BCUT2D eigenvalue weighted by molar-refractivity contribution is -0.121. The summed E-state index contributed by atoms with van der Waals surface area (Å²) in [6, 6.07) is 7.91. The number of benzene rings is 1. The van der Waals surface area contributed by atoms with E-state index in [1.54, 1.807) is 11.0 Å². The number of piperidine rings is 1. The fourth-order valence-electron chi connectivity index (χ4n) is 3.62. The Labute approximate surface area is 173 Å². The molecule has 0 unspecified atom stereocenters. The van der Waals surface area contributed by atoms with Crippen LogP contribution in [0.1, 0.15) is 34.3 Å². The molecule has 3 heterocycles. The van der Waals surface area contributed by atoms with Crippen molar-refractivity contribution in [1.29, 1.82) is 0 Å². The molecule has 1 aliphatic heterocycles. The predicted molar refractivity (Wildman–Crippen MR) is 113 cm³/mol. The molecule has 1 fully saturated rings. The third-order valence-corrected chi connectivity index (χ3v) is 6.01. The number of anilines is 1. The number of aryl methyl sites for hydroxylation is 2. The highest BCUT2D eigenvalue weighted by atomic mass is 32.1. The van der Waals surface area contributed by atoms with E-state index < -0.39 is 0 Å². The van der Waals surface area contributed by atoms with Gasteiger partial charge in [-0.2, -0.15) is 0 Å². The highest BCUT2D eigenvalue weighted by Crippen LogP contribution is 2.29. The highest BCUT2D eigenvalue weighted by molar-refractivity contribution is 7.14. The first kappa shape index (κ1) is 19.4. The van der Waals surface area contributed by atoms with E-state index in [0.717, 1.165) is 29.7 Å². The van der Waals surface area contributed by atoms with Gasteiger partial charge in [-0.3, -0.25) is 9.59 Å². The maximum absolute atomic E-state index is 12.8. The highest BCUT2D eigenvalue weighted by Gasteiger charge is 2.29. The second-order valence-electron chi connectivity index (χ2n) is 7.45. The molecule has 4 rings (SSSR count). The maximum atomic E-state index is 12.8. The van der Waals surface area contributed by atoms with E-state index in [2.05, 4.69) is 42.3 Å². The second-order valence-corrected chi connectivity index (χ2v) is 8.31. The summed E-state index contributed by atoms with van der Waals surface area (Å²) in [6.07, 6.45) is 4.48. The summed E-state index contributed by atoms with van der Waals surface area (Å²) in [5.41, 5.74) is 4.79. The topological polar surface area (TPSA) is 75.4 Å². The van der Waals surface area contributed by atoms with Crippen molar-refractivity contribution in [2.24, 2.45) is 5.92 Å². The minimum Gasteiger partial charge on any atom is -0.472 e. The van der Waals surface area contributed by atoms with Crippen LogP contribution in [0.25, 0.3) is 11.3 Å². The zero-order chi connectivity index (χ0) is 20.4. The lowest BCUT2D eigenvalue weighted by Gasteiger charge is -2.31. The Balaban J connectivity index is 1.42. The average Bonchev–Trinajstić information content (AvgIpc) is 3.41. The lowest BCUT2D eigenvalue weighted by atomic mass is 9.97. The molecule has 1 aliphatic rings. The molecule has 0 radical (unpaired) electrons. The van der Waals surface area contributed by atoms with Gasteiger partial charge < -0.3 is 14.6 Å². The quantitative estimate of drug-likeness (QED) is 0.688. The minimum absolute atomic E-state index is 0.0865. The van der Waals surface area contributed by atoms with Gasteiger partial charge in [0, 0.05) is 24.0 Å². The van der Waals surface area contributed by atoms with Crippen LogP contribution < -0.4 is 5.32 Å². The number of hydrogen-bond donors (Lipinski definition) is 1. The van der Waals surface area contributed by atoms with Gasteiger partial charge in [0.05, 0.1) is 23.4 Å². The first-order valence-corrected chi connectivity index (χ1v) is 10.5. The van der Waals surface area contributed by atoms with Gasteiger partial charge in [0.2, 0.25) is 5.91 Å². The molecule has 0 saturated carbocycles. The molecular weight excluding hydrogens is 386 g/mol. The van der Waals surface area contributed by atoms with E-state index in [4.69, 9.17) is 4.42 Å². The molecular formula is C22H23N3O3S. The van der Waals surface area contributed by atoms with Crippen LogP contribution >= 0.6 is 11.3 Å². The first-order valence-electron chi connectivity index (χ1n) is 9.67. The molecule has 6 nitrogen and oxygen atoms in total. The summed E-state index contributed by atoms with van der Waals surface area (Å²) in [6.45, 7) is 5.17. The van der Waals surface area contributed by atoms with Gasteiger partial charge >= 0.3 is 0 Å². The number of nitrogens with zero attached hydrogens (tertiary/aromatic N) is 2. The molecule has 0 spiro atoms. The molecule has 7 heteroatoms. The molecule has 1 atom stereocenters. The fourth-order valence-corrected chi connectivity index (χ4v) is 4.33. The van der Waals surface area contributed by atoms with Crippen molar-refractivity contribution >= 4 is 28.3 Å². The minimum atomic E-state index is -0.243. The summed E-state index contributed by atoms with van der Waals surface area (Å²) in [4.78, 5) is 31.6. The molecule has 29 heavy (non-hydrogen) atoms. The summed E-state index contributed by atoms with van der Waals surface area (Å²) >= 11 is 1.42. The van der Waals surface area contributed by atoms with Crippen molar-refractivity contribution in [3.05, 3.63) is 58.9 Å². The first-order chi connectivity index (χ1) is 14.0. The molecule has 3 aromatic rings. The van der Waals surface area contributed by atoms with Crippen LogP contribution in [0.15, 0.2) is 46.6 Å². The Bertz CT molecular complexity index is 1030. The Morgan fingerprint density at radius 1 is 1.28 bits per heavy atom. The normalized spacial score (nSPS) is 16.6. The van der Waals surface area contributed by atoms with Gasteiger partial charge in [0.1, 0.15) is 6.26 Å². The Kier molecular flexibility index (Phi) is 5.49. The number of aromatic nitrogens is 1. The number of likely N-dealkylation sites (tertiary alicyclic amines) is 1. The van der Waals surface area contributed by atoms with Gasteiger partial charge in [-0.15, -0.1) is 11.3 Å². The van der Waals surface area contributed by atoms with Crippen LogP contribution in [-0.4, -0.2) is 34.8 Å². The monoisotopic (exact) mass is 409 g/mol. The molecule has 1 saturated heterocycles. The van der Waals surface area contributed by atoms with Gasteiger partial charge in [-0.05, 0) is 44.4 Å². The largest absolute Gasteiger partial charge is 0.472 e. The van der Waals surface area contributed by atoms with Crippen LogP contribution in [0, 0.1) is 19.8 Å². The Morgan fingerprint density at radius 2 is 2.14 bits per heavy atom. The van der Waals surface area contributed by atoms with Crippen LogP contribution in [0.3, 0.4) is 0 Å². The van der Waals surface area contributed by atoms with Crippen molar-refractivity contribution < 1.29 is 14.0 Å². The summed E-state index contributed by atoms with van der Waals surface area (Å²) < 4.78 is 5.00. The zero-order valence-electron chi connectivity index (χ0n) is 16.5. The number of amides is 2. The summed E-state index contributed by atoms with van der Waals surface area (Å²) in [5, 5.41) is 5.49. The summed E-state index contributed by atoms with van der Waals surface area (Å²) in [5.74, 6) is -0.424. The van der Waals surface area contributed by atoms with Crippen LogP contribution in [0.2, 0.25) is 0 Å². The van der Waals surface area contributed by atoms with Crippen molar-refractivity contribution in [1.82, 2.24) is 9.88 Å². The molecule has 0 bridgehead atoms. The fraction of sp³-hybridized carbons (Fsp3) is 0.318. The molecule has 0 aliphatic carbocycles. The van der Waals surface area contributed by atoms with Gasteiger partial charge in [-0.25, -0.2) is 4.98 Å². The van der Waals surface area contributed by atoms with Crippen molar-refractivity contribution in [3.8, 4) is 11.3 Å². The van der Waals surface area contributed by atoms with Crippen molar-refractivity contribution in [2.75, 3.05) is 18.4 Å². The smallest absolute Gasteiger partial charge is 0.257 e. The number of carbonyl (C=O) groups excluding carboxylic acids is 2. The van der Waals surface area contributed by atoms with E-state index in [1.165, 1.54) is 29.4 Å². The van der Waals surface area contributed by atoms with E-state index in [1.807, 2.05) is 5.38 Å². The average molecular weight is 410 g/mol. The van der Waals surface area contributed by atoms with Crippen molar-refractivity contribution in [3.63, 3.8) is 0 Å². The third-order valence-electron chi connectivity index (χ3n) is 5.25. The molecule has 1 N–H and O–H groups in total. The maximum Gasteiger partial charge on any atom is 0.257 e. The van der Waals surface area contributed by atoms with Crippen LogP contribution in [0.4, 0.5) is 5.13 Å². The van der Waals surface area contributed by atoms with Crippen LogP contribution in [-0.2, 0) is 4.79 Å². The number of rotatable bonds is 4. The third kappa shape index (κ3) is 4.24. The van der Waals surface area contributed by atoms with Gasteiger partial charge in [0.15, 0.2) is 5.13 Å². The van der Waals surface area contributed by atoms with E-state index in [9.17, 15) is 9.59 Å². The molecule has 2 amide bonds.